The van der Waals surface area contributed by atoms with Crippen LogP contribution in [0.1, 0.15) is 13.8 Å². The molecule has 0 bridgehead atoms. The van der Waals surface area contributed by atoms with Crippen LogP contribution in [0.5, 0.6) is 0 Å². The average Bonchev–Trinajstić information content (AvgIpc) is 2.46. The number of carboxylic acid groups (broad SMARTS) is 1. The molecule has 11 heteroatoms. The van der Waals surface area contributed by atoms with Crippen LogP contribution in [0.3, 0.4) is 0 Å². The highest BCUT2D eigenvalue weighted by atomic mass is 35.5. The Morgan fingerprint density at radius 1 is 1.38 bits per heavy atom. The van der Waals surface area contributed by atoms with Crippen LogP contribution in [0, 0.1) is 11.6 Å². The summed E-state index contributed by atoms with van der Waals surface area (Å²) in [6, 6.07) is -0.0917. The zero-order valence-corrected chi connectivity index (χ0v) is 14.3. The van der Waals surface area contributed by atoms with E-state index in [-0.39, 0.29) is 6.54 Å². The van der Waals surface area contributed by atoms with E-state index < -0.39 is 56.0 Å². The number of hydrogen-bond acceptors (Lipinski definition) is 4. The van der Waals surface area contributed by atoms with Crippen molar-refractivity contribution in [2.24, 2.45) is 0 Å². The largest absolute Gasteiger partial charge is 0.480 e. The molecule has 0 aliphatic rings. The van der Waals surface area contributed by atoms with Crippen molar-refractivity contribution in [1.82, 2.24) is 9.62 Å². The molecule has 134 valence electrons. The molecule has 0 saturated carbocycles. The highest BCUT2D eigenvalue weighted by Gasteiger charge is 2.37. The normalized spacial score (nSPS) is 12.9. The van der Waals surface area contributed by atoms with Gasteiger partial charge in [-0.05, 0) is 19.1 Å². The first-order valence-corrected chi connectivity index (χ1v) is 8.44. The molecule has 1 amide bonds. The minimum Gasteiger partial charge on any atom is -0.480 e. The number of aliphatic carboxylic acids is 1. The van der Waals surface area contributed by atoms with E-state index in [1.165, 1.54) is 6.92 Å². The maximum absolute atomic E-state index is 14.0. The van der Waals surface area contributed by atoms with Gasteiger partial charge in [0.15, 0.2) is 11.6 Å². The topological polar surface area (TPSA) is 104 Å². The summed E-state index contributed by atoms with van der Waals surface area (Å²) in [5.74, 6) is -5.12. The van der Waals surface area contributed by atoms with E-state index >= 15 is 0 Å². The summed E-state index contributed by atoms with van der Waals surface area (Å²) in [5, 5.41) is 10.8. The number of hydrogen-bond donors (Lipinski definition) is 2. The van der Waals surface area contributed by atoms with Gasteiger partial charge in [-0.3, -0.25) is 9.59 Å². The van der Waals surface area contributed by atoms with Gasteiger partial charge in [0.1, 0.15) is 10.9 Å². The first-order valence-electron chi connectivity index (χ1n) is 6.62. The Morgan fingerprint density at radius 3 is 2.46 bits per heavy atom. The van der Waals surface area contributed by atoms with Gasteiger partial charge < -0.3 is 10.4 Å². The predicted molar refractivity (Wildman–Crippen MR) is 81.0 cm³/mol. The molecule has 0 saturated heterocycles. The zero-order chi connectivity index (χ0) is 18.7. The molecule has 1 aromatic carbocycles. The zero-order valence-electron chi connectivity index (χ0n) is 12.7. The highest BCUT2D eigenvalue weighted by Crippen LogP contribution is 2.29. The number of benzene rings is 1. The Bertz CT molecular complexity index is 757. The molecule has 7 nitrogen and oxygen atoms in total. The molecule has 1 rings (SSSR count). The fourth-order valence-electron chi connectivity index (χ4n) is 1.85. The summed E-state index contributed by atoms with van der Waals surface area (Å²) in [5.41, 5.74) is 0. The first-order chi connectivity index (χ1) is 11.0. The third kappa shape index (κ3) is 4.40. The standard InChI is InChI=1S/C13H15ClF2N2O5S/c1-7(13(20)21)18(6-5-17-8(2)19)24(22,23)12-9(14)3-4-10(15)11(12)16/h3-4,7H,5-6H2,1-2H3,(H,17,19)(H,20,21). The molecule has 0 spiro atoms. The second-order valence-corrected chi connectivity index (χ2v) is 7.02. The Morgan fingerprint density at radius 2 is 1.96 bits per heavy atom. The van der Waals surface area contributed by atoms with Crippen LogP contribution in [-0.2, 0) is 19.6 Å². The second-order valence-electron chi connectivity index (χ2n) is 4.79. The molecule has 2 N–H and O–H groups in total. The Kier molecular flexibility index (Phi) is 6.64. The number of carbonyl (C=O) groups excluding carboxylic acids is 1. The van der Waals surface area contributed by atoms with Gasteiger partial charge in [-0.2, -0.15) is 4.31 Å². The molecule has 0 heterocycles. The maximum Gasteiger partial charge on any atom is 0.321 e. The van der Waals surface area contributed by atoms with E-state index in [1.807, 2.05) is 0 Å². The van der Waals surface area contributed by atoms with Gasteiger partial charge in [0, 0.05) is 20.0 Å². The lowest BCUT2D eigenvalue weighted by molar-refractivity contribution is -0.140. The van der Waals surface area contributed by atoms with E-state index in [0.29, 0.717) is 10.4 Å². The monoisotopic (exact) mass is 384 g/mol. The van der Waals surface area contributed by atoms with Crippen molar-refractivity contribution in [3.8, 4) is 0 Å². The van der Waals surface area contributed by atoms with Gasteiger partial charge >= 0.3 is 5.97 Å². The van der Waals surface area contributed by atoms with Gasteiger partial charge in [-0.15, -0.1) is 0 Å². The molecular formula is C13H15ClF2N2O5S. The quantitative estimate of drug-likeness (QED) is 0.688. The predicted octanol–water partition coefficient (Wildman–Crippen LogP) is 1.22. The van der Waals surface area contributed by atoms with Crippen molar-refractivity contribution in [2.45, 2.75) is 24.8 Å². The second kappa shape index (κ2) is 7.86. The minimum atomic E-state index is -4.77. The van der Waals surface area contributed by atoms with E-state index in [0.717, 1.165) is 13.0 Å². The Hall–Kier alpha value is -1.78. The number of carbonyl (C=O) groups is 2. The van der Waals surface area contributed by atoms with Gasteiger partial charge in [-0.25, -0.2) is 17.2 Å². The fourth-order valence-corrected chi connectivity index (χ4v) is 4.00. The lowest BCUT2D eigenvalue weighted by Gasteiger charge is -2.26. The number of nitrogens with zero attached hydrogens (tertiary/aromatic N) is 1. The molecular weight excluding hydrogens is 370 g/mol. The minimum absolute atomic E-state index is 0.221. The Balaban J connectivity index is 3.37. The smallest absolute Gasteiger partial charge is 0.321 e. The summed E-state index contributed by atoms with van der Waals surface area (Å²) in [4.78, 5) is 20.9. The third-order valence-electron chi connectivity index (χ3n) is 3.06. The number of sulfonamides is 1. The van der Waals surface area contributed by atoms with Crippen molar-refractivity contribution in [3.63, 3.8) is 0 Å². The Labute approximate surface area is 142 Å². The van der Waals surface area contributed by atoms with Crippen LogP contribution in [0.2, 0.25) is 5.02 Å². The van der Waals surface area contributed by atoms with Crippen LogP contribution in [0.15, 0.2) is 17.0 Å². The molecule has 1 aromatic rings. The fraction of sp³-hybridized carbons (Fsp3) is 0.385. The van der Waals surface area contributed by atoms with E-state index in [9.17, 15) is 26.8 Å². The third-order valence-corrected chi connectivity index (χ3v) is 5.52. The van der Waals surface area contributed by atoms with Gasteiger partial charge in [0.25, 0.3) is 0 Å². The molecule has 0 radical (unpaired) electrons. The molecule has 1 atom stereocenters. The highest BCUT2D eigenvalue weighted by molar-refractivity contribution is 7.89. The van der Waals surface area contributed by atoms with E-state index in [4.69, 9.17) is 16.7 Å². The van der Waals surface area contributed by atoms with Crippen molar-refractivity contribution < 1.29 is 31.9 Å². The summed E-state index contributed by atoms with van der Waals surface area (Å²) in [6.07, 6.45) is 0. The van der Waals surface area contributed by atoms with Crippen LogP contribution in [-0.4, -0.2) is 48.8 Å². The lowest BCUT2D eigenvalue weighted by Crippen LogP contribution is -2.47. The number of carboxylic acids is 1. The summed E-state index contributed by atoms with van der Waals surface area (Å²) in [7, 11) is -4.77. The summed E-state index contributed by atoms with van der Waals surface area (Å²) in [6.45, 7) is 1.55. The number of nitrogens with one attached hydrogen (secondary N) is 1. The van der Waals surface area contributed by atoms with E-state index in [1.54, 1.807) is 0 Å². The van der Waals surface area contributed by atoms with Gasteiger partial charge in [0.05, 0.1) is 5.02 Å². The molecule has 1 unspecified atom stereocenters. The molecule has 0 fully saturated rings. The van der Waals surface area contributed by atoms with Crippen molar-refractivity contribution in [1.29, 1.82) is 0 Å². The van der Waals surface area contributed by atoms with Gasteiger partial charge in [-0.1, -0.05) is 11.6 Å². The SMILES string of the molecule is CC(=O)NCCN(C(C)C(=O)O)S(=O)(=O)c1c(Cl)ccc(F)c1F. The van der Waals surface area contributed by atoms with Gasteiger partial charge in [0.2, 0.25) is 15.9 Å². The molecule has 0 aliphatic carbocycles. The van der Waals surface area contributed by atoms with Crippen LogP contribution in [0.25, 0.3) is 0 Å². The molecule has 0 aromatic heterocycles. The van der Waals surface area contributed by atoms with Crippen molar-refractivity contribution in [2.75, 3.05) is 13.1 Å². The van der Waals surface area contributed by atoms with E-state index in [2.05, 4.69) is 5.32 Å². The molecule has 0 aliphatic heterocycles. The summed E-state index contributed by atoms with van der Waals surface area (Å²) < 4.78 is 53.0. The van der Waals surface area contributed by atoms with Crippen molar-refractivity contribution in [3.05, 3.63) is 28.8 Å². The number of amides is 1. The number of rotatable bonds is 7. The average molecular weight is 385 g/mol. The van der Waals surface area contributed by atoms with Crippen LogP contribution in [0.4, 0.5) is 8.78 Å². The maximum atomic E-state index is 14.0. The summed E-state index contributed by atoms with van der Waals surface area (Å²) >= 11 is 5.67. The van der Waals surface area contributed by atoms with Crippen LogP contribution >= 0.6 is 11.6 Å². The number of halogens is 3. The lowest BCUT2D eigenvalue weighted by atomic mass is 10.3. The molecule has 24 heavy (non-hydrogen) atoms. The first kappa shape index (κ1) is 20.3. The van der Waals surface area contributed by atoms with Crippen LogP contribution < -0.4 is 5.32 Å². The van der Waals surface area contributed by atoms with Crippen molar-refractivity contribution >= 4 is 33.5 Å².